The van der Waals surface area contributed by atoms with Gasteiger partial charge >= 0.3 is 0 Å². The molecule has 194 valence electrons. The Morgan fingerprint density at radius 3 is 2.22 bits per heavy atom. The smallest absolute Gasteiger partial charge is 0.178 e. The number of hydrogen-bond donors (Lipinski definition) is 0. The predicted octanol–water partition coefficient (Wildman–Crippen LogP) is 6.79. The van der Waals surface area contributed by atoms with Gasteiger partial charge in [0.2, 0.25) is 0 Å². The minimum atomic E-state index is -0.652. The molecule has 0 aromatic carbocycles. The van der Waals surface area contributed by atoms with E-state index in [-0.39, 0.29) is 62.3 Å². The highest BCUT2D eigenvalue weighted by molar-refractivity contribution is 6.04. The van der Waals surface area contributed by atoms with Crippen LogP contribution in [0.1, 0.15) is 100 Å². The van der Waals surface area contributed by atoms with E-state index >= 15 is 0 Å². The van der Waals surface area contributed by atoms with Crippen LogP contribution < -0.4 is 0 Å². The van der Waals surface area contributed by atoms with Crippen LogP contribution in [0.2, 0.25) is 0 Å². The molecule has 0 radical (unpaired) electrons. The molecule has 5 aliphatic rings. The SMILES string of the molecule is CC(=O)[C@]12CCC(C)(C)C[C@H]1[C@H]1C(=O)C=C3[C@@]4(C)C=C(C#N)C(=O)C(C)(C)[C@@H]4CC[C@@]3(C)[C@]1(C)CC2. The number of nitriles is 1. The van der Waals surface area contributed by atoms with E-state index in [1.807, 2.05) is 26.0 Å². The van der Waals surface area contributed by atoms with Crippen LogP contribution in [0.3, 0.4) is 0 Å². The van der Waals surface area contributed by atoms with E-state index in [1.54, 1.807) is 6.92 Å². The number of rotatable bonds is 1. The summed E-state index contributed by atoms with van der Waals surface area (Å²) in [5.74, 6) is 0.316. The first-order valence-electron chi connectivity index (χ1n) is 14.0. The highest BCUT2D eigenvalue weighted by atomic mass is 16.1. The fourth-order valence-corrected chi connectivity index (χ4v) is 10.2. The molecule has 0 aromatic heterocycles. The summed E-state index contributed by atoms with van der Waals surface area (Å²) in [7, 11) is 0. The second kappa shape index (κ2) is 7.30. The summed E-state index contributed by atoms with van der Waals surface area (Å²) in [6, 6.07) is 2.18. The topological polar surface area (TPSA) is 75.0 Å². The van der Waals surface area contributed by atoms with Gasteiger partial charge in [-0.25, -0.2) is 0 Å². The maximum atomic E-state index is 14.3. The Morgan fingerprint density at radius 1 is 0.972 bits per heavy atom. The van der Waals surface area contributed by atoms with Crippen LogP contribution in [-0.2, 0) is 14.4 Å². The maximum Gasteiger partial charge on any atom is 0.178 e. The van der Waals surface area contributed by atoms with Crippen molar-refractivity contribution < 1.29 is 14.4 Å². The van der Waals surface area contributed by atoms with Crippen LogP contribution in [0.15, 0.2) is 23.3 Å². The van der Waals surface area contributed by atoms with Crippen LogP contribution in [0.4, 0.5) is 0 Å². The average Bonchev–Trinajstić information content (AvgIpc) is 2.77. The highest BCUT2D eigenvalue weighted by Gasteiger charge is 2.70. The van der Waals surface area contributed by atoms with Crippen molar-refractivity contribution in [3.63, 3.8) is 0 Å². The number of ketones is 3. The van der Waals surface area contributed by atoms with Gasteiger partial charge in [-0.3, -0.25) is 14.4 Å². The Labute approximate surface area is 217 Å². The standard InChI is InChI=1S/C32H43NO3/c1-19(34)32-13-11-27(2,3)17-21(32)25-22(35)15-24-29(6)16-20(18-33)26(36)28(4,5)23(29)9-10-30(24,7)31(25,8)12-14-32/h15-16,21,23,25H,9-14,17H2,1-8H3/t21-,23-,25-,29-,30+,31+,32+/m0/s1. The molecule has 0 spiro atoms. The monoisotopic (exact) mass is 489 g/mol. The highest BCUT2D eigenvalue weighted by Crippen LogP contribution is 2.74. The molecule has 4 heteroatoms. The summed E-state index contributed by atoms with van der Waals surface area (Å²) in [4.78, 5) is 40.7. The van der Waals surface area contributed by atoms with Crippen molar-refractivity contribution in [2.24, 2.45) is 50.2 Å². The van der Waals surface area contributed by atoms with Crippen molar-refractivity contribution in [1.82, 2.24) is 0 Å². The lowest BCUT2D eigenvalue weighted by atomic mass is 9.34. The number of nitrogens with zero attached hydrogens (tertiary/aromatic N) is 1. The molecule has 0 amide bonds. The summed E-state index contributed by atoms with van der Waals surface area (Å²) >= 11 is 0. The first-order chi connectivity index (χ1) is 16.5. The number of carbonyl (C=O) groups is 3. The lowest BCUT2D eigenvalue weighted by molar-refractivity contribution is -0.176. The van der Waals surface area contributed by atoms with Crippen LogP contribution >= 0.6 is 0 Å². The van der Waals surface area contributed by atoms with Gasteiger partial charge in [-0.15, -0.1) is 0 Å². The van der Waals surface area contributed by atoms with Gasteiger partial charge in [-0.1, -0.05) is 60.1 Å². The summed E-state index contributed by atoms with van der Waals surface area (Å²) in [6.07, 6.45) is 10.2. The third-order valence-corrected chi connectivity index (χ3v) is 12.6. The van der Waals surface area contributed by atoms with Crippen molar-refractivity contribution in [1.29, 1.82) is 5.26 Å². The maximum absolute atomic E-state index is 14.3. The van der Waals surface area contributed by atoms with Crippen molar-refractivity contribution in [3.8, 4) is 6.07 Å². The van der Waals surface area contributed by atoms with E-state index in [4.69, 9.17) is 0 Å². The van der Waals surface area contributed by atoms with E-state index < -0.39 is 10.8 Å². The first kappa shape index (κ1) is 25.6. The lowest BCUT2D eigenvalue weighted by Gasteiger charge is -2.69. The molecule has 3 fully saturated rings. The molecule has 5 aliphatic carbocycles. The predicted molar refractivity (Wildman–Crippen MR) is 140 cm³/mol. The molecule has 0 saturated heterocycles. The summed E-state index contributed by atoms with van der Waals surface area (Å²) < 4.78 is 0. The van der Waals surface area contributed by atoms with E-state index in [0.717, 1.165) is 50.5 Å². The van der Waals surface area contributed by atoms with Crippen LogP contribution in [0, 0.1) is 61.6 Å². The molecule has 0 aromatic rings. The summed E-state index contributed by atoms with van der Waals surface area (Å²) in [5.41, 5.74) is -0.562. The molecular weight excluding hydrogens is 446 g/mol. The molecule has 0 heterocycles. The van der Waals surface area contributed by atoms with E-state index in [0.29, 0.717) is 0 Å². The van der Waals surface area contributed by atoms with Crippen molar-refractivity contribution >= 4 is 17.3 Å². The van der Waals surface area contributed by atoms with Gasteiger partial charge in [0.25, 0.3) is 0 Å². The number of hydrogen-bond acceptors (Lipinski definition) is 4. The Morgan fingerprint density at radius 2 is 1.61 bits per heavy atom. The summed E-state index contributed by atoms with van der Waals surface area (Å²) in [5, 5.41) is 9.85. The van der Waals surface area contributed by atoms with Crippen molar-refractivity contribution in [2.45, 2.75) is 100 Å². The van der Waals surface area contributed by atoms with Gasteiger partial charge in [-0.2, -0.15) is 5.26 Å². The Bertz CT molecular complexity index is 1180. The average molecular weight is 490 g/mol. The minimum Gasteiger partial charge on any atom is -0.299 e. The molecule has 3 saturated carbocycles. The normalized spacial score (nSPS) is 46.7. The van der Waals surface area contributed by atoms with Gasteiger partial charge in [0.05, 0.1) is 5.57 Å². The zero-order chi connectivity index (χ0) is 26.7. The fraction of sp³-hybridized carbons (Fsp3) is 0.750. The molecule has 0 aliphatic heterocycles. The summed E-state index contributed by atoms with van der Waals surface area (Å²) in [6.45, 7) is 17.1. The van der Waals surface area contributed by atoms with Crippen LogP contribution in [0.25, 0.3) is 0 Å². The number of fused-ring (bicyclic) bond motifs is 7. The quantitative estimate of drug-likeness (QED) is 0.406. The largest absolute Gasteiger partial charge is 0.299 e. The molecular formula is C32H43NO3. The van der Waals surface area contributed by atoms with Crippen LogP contribution in [0.5, 0.6) is 0 Å². The third kappa shape index (κ3) is 2.89. The Balaban J connectivity index is 1.71. The molecule has 7 atom stereocenters. The van der Waals surface area contributed by atoms with Crippen LogP contribution in [-0.4, -0.2) is 17.3 Å². The zero-order valence-electron chi connectivity index (χ0n) is 23.5. The fourth-order valence-electron chi connectivity index (χ4n) is 10.2. The van der Waals surface area contributed by atoms with Gasteiger partial charge in [0.15, 0.2) is 11.6 Å². The van der Waals surface area contributed by atoms with Gasteiger partial charge < -0.3 is 0 Å². The Kier molecular flexibility index (Phi) is 5.19. The minimum absolute atomic E-state index is 0.0513. The first-order valence-corrected chi connectivity index (χ1v) is 14.0. The number of allylic oxidation sites excluding steroid dienone is 4. The van der Waals surface area contributed by atoms with Crippen molar-refractivity contribution in [3.05, 3.63) is 23.3 Å². The molecule has 4 nitrogen and oxygen atoms in total. The number of carbonyl (C=O) groups excluding carboxylic acids is 3. The second-order valence-corrected chi connectivity index (χ2v) is 15.0. The van der Waals surface area contributed by atoms with Gasteiger partial charge in [-0.05, 0) is 86.0 Å². The van der Waals surface area contributed by atoms with E-state index in [1.165, 1.54) is 0 Å². The number of Topliss-reactive ketones (excluding diaryl/α,β-unsaturated/α-hetero) is 2. The zero-order valence-corrected chi connectivity index (χ0v) is 23.5. The second-order valence-electron chi connectivity index (χ2n) is 15.0. The molecule has 0 unspecified atom stereocenters. The molecule has 5 rings (SSSR count). The van der Waals surface area contributed by atoms with Gasteiger partial charge in [0, 0.05) is 22.2 Å². The molecule has 36 heavy (non-hydrogen) atoms. The lowest BCUT2D eigenvalue weighted by Crippen LogP contribution is -2.65. The van der Waals surface area contributed by atoms with Crippen molar-refractivity contribution in [2.75, 3.05) is 0 Å². The molecule has 0 bridgehead atoms. The third-order valence-electron chi connectivity index (χ3n) is 12.6. The van der Waals surface area contributed by atoms with Gasteiger partial charge in [0.1, 0.15) is 11.9 Å². The molecule has 0 N–H and O–H groups in total. The van der Waals surface area contributed by atoms with E-state index in [9.17, 15) is 19.6 Å². The Hall–Kier alpha value is -2.02. The van der Waals surface area contributed by atoms with E-state index in [2.05, 4.69) is 40.7 Å².